The molecule has 128 valence electrons. The first kappa shape index (κ1) is 17.7. The third-order valence-electron chi connectivity index (χ3n) is 3.95. The second-order valence-electron chi connectivity index (χ2n) is 5.80. The number of sulfonamides is 1. The fourth-order valence-corrected chi connectivity index (χ4v) is 3.97. The molecule has 0 aliphatic carbocycles. The molecule has 7 heteroatoms. The van der Waals surface area contributed by atoms with Crippen molar-refractivity contribution in [3.63, 3.8) is 0 Å². The highest BCUT2D eigenvalue weighted by atomic mass is 32.2. The maximum absolute atomic E-state index is 12.6. The van der Waals surface area contributed by atoms with Crippen LogP contribution < -0.4 is 4.74 Å². The van der Waals surface area contributed by atoms with Crippen molar-refractivity contribution >= 4 is 15.9 Å². The van der Waals surface area contributed by atoms with Crippen LogP contribution in [0.3, 0.4) is 0 Å². The number of carbonyl (C=O) groups excluding carboxylic acids is 1. The highest BCUT2D eigenvalue weighted by molar-refractivity contribution is 7.88. The number of likely N-dealkylation sites (N-methyl/N-ethyl adjacent to an activating group) is 1. The molecule has 1 aromatic carbocycles. The molecule has 23 heavy (non-hydrogen) atoms. The Balaban J connectivity index is 2.02. The van der Waals surface area contributed by atoms with Crippen molar-refractivity contribution in [3.05, 3.63) is 29.8 Å². The Kier molecular flexibility index (Phi) is 5.64. The van der Waals surface area contributed by atoms with Crippen LogP contribution in [0, 0.1) is 0 Å². The van der Waals surface area contributed by atoms with Crippen molar-refractivity contribution in [2.24, 2.45) is 0 Å². The largest absolute Gasteiger partial charge is 0.494 e. The number of carbonyl (C=O) groups is 1. The molecule has 1 atom stereocenters. The Bertz CT molecular complexity index is 643. The molecule has 2 rings (SSSR count). The lowest BCUT2D eigenvalue weighted by Crippen LogP contribution is -2.45. The van der Waals surface area contributed by atoms with E-state index in [0.29, 0.717) is 26.1 Å². The summed E-state index contributed by atoms with van der Waals surface area (Å²) in [5.74, 6) is 0.645. The molecule has 1 aliphatic rings. The van der Waals surface area contributed by atoms with Crippen molar-refractivity contribution in [2.45, 2.75) is 32.4 Å². The molecule has 1 heterocycles. The van der Waals surface area contributed by atoms with Crippen molar-refractivity contribution in [2.75, 3.05) is 26.5 Å². The number of benzene rings is 1. The summed E-state index contributed by atoms with van der Waals surface area (Å²) in [4.78, 5) is 14.2. The number of rotatable bonds is 6. The Labute approximate surface area is 138 Å². The fraction of sp³-hybridized carbons (Fsp3) is 0.562. The second-order valence-corrected chi connectivity index (χ2v) is 7.74. The molecule has 1 saturated heterocycles. The summed E-state index contributed by atoms with van der Waals surface area (Å²) < 4.78 is 30.2. The highest BCUT2D eigenvalue weighted by Gasteiger charge is 2.37. The SMILES string of the molecule is CCOc1ccc(CN(C)C(=O)[C@@H]2CCCN2S(C)(=O)=O)cc1. The topological polar surface area (TPSA) is 66.9 Å². The van der Waals surface area contributed by atoms with E-state index in [4.69, 9.17) is 4.74 Å². The van der Waals surface area contributed by atoms with Crippen LogP contribution in [0.15, 0.2) is 24.3 Å². The van der Waals surface area contributed by atoms with E-state index in [0.717, 1.165) is 24.0 Å². The zero-order chi connectivity index (χ0) is 17.0. The first-order valence-corrected chi connectivity index (χ1v) is 9.61. The normalized spacial score (nSPS) is 18.8. The van der Waals surface area contributed by atoms with Gasteiger partial charge in [0.2, 0.25) is 15.9 Å². The lowest BCUT2D eigenvalue weighted by molar-refractivity contribution is -0.133. The van der Waals surface area contributed by atoms with Gasteiger partial charge >= 0.3 is 0 Å². The Morgan fingerprint density at radius 1 is 1.35 bits per heavy atom. The summed E-state index contributed by atoms with van der Waals surface area (Å²) in [6.45, 7) is 3.40. The molecule has 0 spiro atoms. The molecule has 0 saturated carbocycles. The van der Waals surface area contributed by atoms with E-state index in [-0.39, 0.29) is 5.91 Å². The van der Waals surface area contributed by atoms with E-state index >= 15 is 0 Å². The Morgan fingerprint density at radius 3 is 2.57 bits per heavy atom. The molecule has 1 aromatic rings. The second kappa shape index (κ2) is 7.31. The quantitative estimate of drug-likeness (QED) is 0.786. The summed E-state index contributed by atoms with van der Waals surface area (Å²) in [7, 11) is -1.64. The molecular weight excluding hydrogens is 316 g/mol. The number of hydrogen-bond acceptors (Lipinski definition) is 4. The van der Waals surface area contributed by atoms with Gasteiger partial charge in [-0.15, -0.1) is 0 Å². The smallest absolute Gasteiger partial charge is 0.241 e. The van der Waals surface area contributed by atoms with E-state index in [1.54, 1.807) is 11.9 Å². The number of ether oxygens (including phenoxy) is 1. The third-order valence-corrected chi connectivity index (χ3v) is 5.23. The van der Waals surface area contributed by atoms with Crippen molar-refractivity contribution in [1.82, 2.24) is 9.21 Å². The lowest BCUT2D eigenvalue weighted by Gasteiger charge is -2.26. The first-order chi connectivity index (χ1) is 10.8. The van der Waals surface area contributed by atoms with Gasteiger partial charge in [-0.25, -0.2) is 8.42 Å². The van der Waals surface area contributed by atoms with Crippen LogP contribution in [0.1, 0.15) is 25.3 Å². The molecule has 0 N–H and O–H groups in total. The van der Waals surface area contributed by atoms with Crippen molar-refractivity contribution < 1.29 is 17.9 Å². The Hall–Kier alpha value is -1.60. The predicted molar refractivity (Wildman–Crippen MR) is 88.7 cm³/mol. The van der Waals surface area contributed by atoms with Gasteiger partial charge < -0.3 is 9.64 Å². The van der Waals surface area contributed by atoms with Gasteiger partial charge in [0, 0.05) is 20.1 Å². The van der Waals surface area contributed by atoms with Crippen LogP contribution in [0.4, 0.5) is 0 Å². The summed E-state index contributed by atoms with van der Waals surface area (Å²) in [6.07, 6.45) is 2.46. The first-order valence-electron chi connectivity index (χ1n) is 7.76. The van der Waals surface area contributed by atoms with Crippen LogP contribution in [-0.2, 0) is 21.4 Å². The average molecular weight is 340 g/mol. The number of hydrogen-bond donors (Lipinski definition) is 0. The number of nitrogens with zero attached hydrogens (tertiary/aromatic N) is 2. The summed E-state index contributed by atoms with van der Waals surface area (Å²) in [6, 6.07) is 7.00. The molecule has 1 amide bonds. The molecule has 0 bridgehead atoms. The minimum atomic E-state index is -3.35. The van der Waals surface area contributed by atoms with Crippen LogP contribution >= 0.6 is 0 Å². The highest BCUT2D eigenvalue weighted by Crippen LogP contribution is 2.22. The fourth-order valence-electron chi connectivity index (χ4n) is 2.85. The van der Waals surface area contributed by atoms with Crippen molar-refractivity contribution in [1.29, 1.82) is 0 Å². The van der Waals surface area contributed by atoms with E-state index in [9.17, 15) is 13.2 Å². The van der Waals surface area contributed by atoms with Gasteiger partial charge in [0.1, 0.15) is 11.8 Å². The van der Waals surface area contributed by atoms with Crippen molar-refractivity contribution in [3.8, 4) is 5.75 Å². The molecule has 6 nitrogen and oxygen atoms in total. The van der Waals surface area contributed by atoms with Gasteiger partial charge in [-0.3, -0.25) is 4.79 Å². The van der Waals surface area contributed by atoms with Gasteiger partial charge in [-0.2, -0.15) is 4.31 Å². The molecule has 1 aliphatic heterocycles. The van der Waals surface area contributed by atoms with Crippen LogP contribution in [0.2, 0.25) is 0 Å². The lowest BCUT2D eigenvalue weighted by atomic mass is 10.1. The number of amides is 1. The molecule has 0 aromatic heterocycles. The summed E-state index contributed by atoms with van der Waals surface area (Å²) >= 11 is 0. The van der Waals surface area contributed by atoms with E-state index in [1.807, 2.05) is 31.2 Å². The Morgan fingerprint density at radius 2 is 2.00 bits per heavy atom. The van der Waals surface area contributed by atoms with Gasteiger partial charge in [0.25, 0.3) is 0 Å². The van der Waals surface area contributed by atoms with Gasteiger partial charge in [-0.1, -0.05) is 12.1 Å². The van der Waals surface area contributed by atoms with Gasteiger partial charge in [0.05, 0.1) is 12.9 Å². The monoisotopic (exact) mass is 340 g/mol. The molecular formula is C16H24N2O4S. The van der Waals surface area contributed by atoms with E-state index in [2.05, 4.69) is 0 Å². The van der Waals surface area contributed by atoms with Gasteiger partial charge in [0.15, 0.2) is 0 Å². The maximum atomic E-state index is 12.6. The predicted octanol–water partition coefficient (Wildman–Crippen LogP) is 1.47. The van der Waals surface area contributed by atoms with E-state index in [1.165, 1.54) is 4.31 Å². The van der Waals surface area contributed by atoms with Crippen LogP contribution in [0.25, 0.3) is 0 Å². The summed E-state index contributed by atoms with van der Waals surface area (Å²) in [5, 5.41) is 0. The third kappa shape index (κ3) is 4.45. The van der Waals surface area contributed by atoms with Gasteiger partial charge in [-0.05, 0) is 37.5 Å². The van der Waals surface area contributed by atoms with E-state index < -0.39 is 16.1 Å². The molecule has 0 unspecified atom stereocenters. The average Bonchev–Trinajstić information content (AvgIpc) is 2.98. The zero-order valence-electron chi connectivity index (χ0n) is 13.9. The summed E-state index contributed by atoms with van der Waals surface area (Å²) in [5.41, 5.74) is 0.980. The molecule has 0 radical (unpaired) electrons. The maximum Gasteiger partial charge on any atom is 0.241 e. The standard InChI is InChI=1S/C16H24N2O4S/c1-4-22-14-9-7-13(8-10-14)12-17(2)16(19)15-6-5-11-18(15)23(3,20)21/h7-10,15H,4-6,11-12H2,1-3H3/t15-/m0/s1. The molecule has 1 fully saturated rings. The van der Waals surface area contributed by atoms with Crippen LogP contribution in [0.5, 0.6) is 5.75 Å². The zero-order valence-corrected chi connectivity index (χ0v) is 14.7. The minimum absolute atomic E-state index is 0.151. The minimum Gasteiger partial charge on any atom is -0.494 e. The van der Waals surface area contributed by atoms with Crippen LogP contribution in [-0.4, -0.2) is 56.0 Å².